The lowest BCUT2D eigenvalue weighted by Crippen LogP contribution is -2.29. The number of aromatic nitrogens is 2. The van der Waals surface area contributed by atoms with E-state index in [9.17, 15) is 9.90 Å². The van der Waals surface area contributed by atoms with E-state index in [1.54, 1.807) is 12.1 Å². The Morgan fingerprint density at radius 1 is 1.35 bits per heavy atom. The third kappa shape index (κ3) is 3.90. The number of carbonyl (C=O) groups excluding carboxylic acids is 1. The van der Waals surface area contributed by atoms with Crippen LogP contribution >= 0.6 is 11.6 Å². The molecule has 2 aromatic rings. The number of hydrogen-bond acceptors (Lipinski definition) is 6. The third-order valence-electron chi connectivity index (χ3n) is 4.87. The van der Waals surface area contributed by atoms with Gasteiger partial charge in [-0.05, 0) is 49.9 Å². The summed E-state index contributed by atoms with van der Waals surface area (Å²) in [7, 11) is 0. The van der Waals surface area contributed by atoms with Gasteiger partial charge in [0.25, 0.3) is 11.7 Å². The normalized spacial score (nSPS) is 21.7. The van der Waals surface area contributed by atoms with Crippen LogP contribution in [0.4, 0.5) is 0 Å². The number of hydrogen-bond donors (Lipinski definition) is 2. The molecule has 1 aromatic heterocycles. The average Bonchev–Trinajstić information content (AvgIpc) is 3.11. The van der Waals surface area contributed by atoms with Crippen molar-refractivity contribution in [2.75, 3.05) is 13.1 Å². The molecule has 26 heavy (non-hydrogen) atoms. The minimum Gasteiger partial charge on any atom is -0.387 e. The molecule has 0 spiro atoms. The van der Waals surface area contributed by atoms with Gasteiger partial charge in [0.1, 0.15) is 0 Å². The van der Waals surface area contributed by atoms with Crippen LogP contribution in [-0.4, -0.2) is 45.2 Å². The smallest absolute Gasteiger partial charge is 0.292 e. The van der Waals surface area contributed by atoms with Crippen LogP contribution in [0.15, 0.2) is 28.8 Å². The molecule has 4 rings (SSSR count). The molecule has 1 amide bonds. The molecule has 2 N–H and O–H groups in total. The molecule has 0 radical (unpaired) electrons. The minimum atomic E-state index is -0.631. The monoisotopic (exact) mass is 376 g/mol. The van der Waals surface area contributed by atoms with Gasteiger partial charge in [-0.1, -0.05) is 28.9 Å². The van der Waals surface area contributed by atoms with Crippen molar-refractivity contribution in [1.29, 1.82) is 0 Å². The van der Waals surface area contributed by atoms with Gasteiger partial charge in [0.15, 0.2) is 0 Å². The molecule has 0 unspecified atom stereocenters. The molecular weight excluding hydrogens is 356 g/mol. The zero-order chi connectivity index (χ0) is 18.1. The van der Waals surface area contributed by atoms with Crippen molar-refractivity contribution in [2.45, 2.75) is 43.9 Å². The number of nitrogens with zero attached hydrogens (tertiary/aromatic N) is 3. The highest BCUT2D eigenvalue weighted by Crippen LogP contribution is 2.32. The van der Waals surface area contributed by atoms with Gasteiger partial charge >= 0.3 is 0 Å². The Kier molecular flexibility index (Phi) is 4.93. The number of benzene rings is 1. The molecule has 2 heterocycles. The van der Waals surface area contributed by atoms with Crippen LogP contribution in [0.25, 0.3) is 0 Å². The van der Waals surface area contributed by atoms with Crippen molar-refractivity contribution in [1.82, 2.24) is 20.4 Å². The number of rotatable bonds is 6. The van der Waals surface area contributed by atoms with Crippen LogP contribution in [0.3, 0.4) is 0 Å². The summed E-state index contributed by atoms with van der Waals surface area (Å²) in [6.45, 7) is 1.29. The van der Waals surface area contributed by atoms with Gasteiger partial charge < -0.3 is 14.9 Å². The van der Waals surface area contributed by atoms with E-state index in [0.717, 1.165) is 37.8 Å². The van der Waals surface area contributed by atoms with Crippen LogP contribution in [0, 0.1) is 0 Å². The second-order valence-corrected chi connectivity index (χ2v) is 7.36. The molecule has 1 saturated carbocycles. The SMILES string of the molecule is O=C(NC1CC1)c1noc([C@H]2CCCN2C[C@H](O)c2ccc(Cl)cc2)n1. The van der Waals surface area contributed by atoms with Gasteiger partial charge in [-0.3, -0.25) is 9.69 Å². The molecule has 2 atom stereocenters. The van der Waals surface area contributed by atoms with E-state index >= 15 is 0 Å². The fraction of sp³-hybridized carbons (Fsp3) is 0.500. The van der Waals surface area contributed by atoms with Gasteiger partial charge in [-0.2, -0.15) is 4.98 Å². The van der Waals surface area contributed by atoms with E-state index in [-0.39, 0.29) is 23.8 Å². The number of halogens is 1. The molecule has 1 aliphatic heterocycles. The highest BCUT2D eigenvalue weighted by atomic mass is 35.5. The number of carbonyl (C=O) groups is 1. The highest BCUT2D eigenvalue weighted by Gasteiger charge is 2.33. The summed E-state index contributed by atoms with van der Waals surface area (Å²) in [6.07, 6.45) is 3.22. The van der Waals surface area contributed by atoms with Crippen molar-refractivity contribution < 1.29 is 14.4 Å². The number of likely N-dealkylation sites (tertiary alicyclic amines) is 1. The topological polar surface area (TPSA) is 91.5 Å². The summed E-state index contributed by atoms with van der Waals surface area (Å²) >= 11 is 5.90. The van der Waals surface area contributed by atoms with Gasteiger partial charge in [0.2, 0.25) is 5.89 Å². The van der Waals surface area contributed by atoms with E-state index in [4.69, 9.17) is 16.1 Å². The van der Waals surface area contributed by atoms with Crippen molar-refractivity contribution in [3.8, 4) is 0 Å². The second kappa shape index (κ2) is 7.34. The molecule has 0 bridgehead atoms. The van der Waals surface area contributed by atoms with Crippen LogP contribution in [0.1, 0.15) is 59.9 Å². The third-order valence-corrected chi connectivity index (χ3v) is 5.12. The van der Waals surface area contributed by atoms with E-state index < -0.39 is 6.10 Å². The number of nitrogens with one attached hydrogen (secondary N) is 1. The van der Waals surface area contributed by atoms with Gasteiger partial charge in [-0.25, -0.2) is 0 Å². The summed E-state index contributed by atoms with van der Waals surface area (Å²) in [6, 6.07) is 7.36. The second-order valence-electron chi connectivity index (χ2n) is 6.92. The Labute approximate surface area is 156 Å². The molecule has 8 heteroatoms. The van der Waals surface area contributed by atoms with Gasteiger partial charge in [-0.15, -0.1) is 0 Å². The van der Waals surface area contributed by atoms with Crippen molar-refractivity contribution >= 4 is 17.5 Å². The minimum absolute atomic E-state index is 0.0769. The first-order valence-corrected chi connectivity index (χ1v) is 9.30. The van der Waals surface area contributed by atoms with Crippen molar-refractivity contribution in [2.24, 2.45) is 0 Å². The van der Waals surface area contributed by atoms with E-state index in [2.05, 4.69) is 20.4 Å². The Morgan fingerprint density at radius 2 is 2.12 bits per heavy atom. The summed E-state index contributed by atoms with van der Waals surface area (Å²) in [5, 5.41) is 17.8. The molecule has 1 aromatic carbocycles. The number of amides is 1. The zero-order valence-corrected chi connectivity index (χ0v) is 15.0. The summed E-state index contributed by atoms with van der Waals surface area (Å²) < 4.78 is 5.34. The Hall–Kier alpha value is -1.96. The quantitative estimate of drug-likeness (QED) is 0.804. The standard InChI is InChI=1S/C18H21ClN4O3/c19-12-5-3-11(4-6-12)15(24)10-23-9-1-2-14(23)18-21-16(22-26-18)17(25)20-13-7-8-13/h3-6,13-15,24H,1-2,7-10H2,(H,20,25)/t14-,15+/m1/s1. The van der Waals surface area contributed by atoms with Crippen LogP contribution in [0.5, 0.6) is 0 Å². The first kappa shape index (κ1) is 17.5. The van der Waals surface area contributed by atoms with Crippen LogP contribution in [-0.2, 0) is 0 Å². The lowest BCUT2D eigenvalue weighted by atomic mass is 10.1. The zero-order valence-electron chi connectivity index (χ0n) is 14.3. The lowest BCUT2D eigenvalue weighted by molar-refractivity contribution is 0.0937. The lowest BCUT2D eigenvalue weighted by Gasteiger charge is -2.24. The number of β-amino-alcohol motifs (C(OH)–C–C–N with tert-alkyl or cyclic N) is 1. The number of aliphatic hydroxyl groups is 1. The van der Waals surface area contributed by atoms with Crippen LogP contribution < -0.4 is 5.32 Å². The van der Waals surface area contributed by atoms with Gasteiger partial charge in [0.05, 0.1) is 12.1 Å². The van der Waals surface area contributed by atoms with Crippen molar-refractivity contribution in [3.05, 3.63) is 46.6 Å². The van der Waals surface area contributed by atoms with E-state index in [1.165, 1.54) is 0 Å². The highest BCUT2D eigenvalue weighted by molar-refractivity contribution is 6.30. The summed E-state index contributed by atoms with van der Waals surface area (Å²) in [4.78, 5) is 18.4. The number of aliphatic hydroxyl groups excluding tert-OH is 1. The van der Waals surface area contributed by atoms with E-state index in [1.807, 2.05) is 12.1 Å². The molecule has 138 valence electrons. The maximum absolute atomic E-state index is 12.0. The molecular formula is C18H21ClN4O3. The first-order chi connectivity index (χ1) is 12.6. The first-order valence-electron chi connectivity index (χ1n) is 8.92. The predicted octanol–water partition coefficient (Wildman–Crippen LogP) is 2.49. The average molecular weight is 377 g/mol. The fourth-order valence-corrected chi connectivity index (χ4v) is 3.40. The molecule has 1 aliphatic carbocycles. The van der Waals surface area contributed by atoms with Gasteiger partial charge in [0, 0.05) is 17.6 Å². The Balaban J connectivity index is 1.42. The maximum Gasteiger partial charge on any atom is 0.292 e. The molecule has 1 saturated heterocycles. The van der Waals surface area contributed by atoms with Crippen LogP contribution in [0.2, 0.25) is 5.02 Å². The predicted molar refractivity (Wildman–Crippen MR) is 94.7 cm³/mol. The van der Waals surface area contributed by atoms with E-state index in [0.29, 0.717) is 17.5 Å². The summed E-state index contributed by atoms with van der Waals surface area (Å²) in [5.41, 5.74) is 0.815. The molecule has 7 nitrogen and oxygen atoms in total. The summed E-state index contributed by atoms with van der Waals surface area (Å²) in [5.74, 6) is 0.233. The largest absolute Gasteiger partial charge is 0.387 e. The molecule has 2 fully saturated rings. The Bertz CT molecular complexity index is 775. The van der Waals surface area contributed by atoms with Crippen molar-refractivity contribution in [3.63, 3.8) is 0 Å². The fourth-order valence-electron chi connectivity index (χ4n) is 3.28. The molecule has 2 aliphatic rings. The maximum atomic E-state index is 12.0. The Morgan fingerprint density at radius 3 is 2.85 bits per heavy atom.